The van der Waals surface area contributed by atoms with Crippen LogP contribution in [-0.2, 0) is 0 Å². The Kier molecular flexibility index (Phi) is 4.58. The molecule has 1 atom stereocenters. The number of likely N-dealkylation sites (tertiary alicyclic amines) is 1. The summed E-state index contributed by atoms with van der Waals surface area (Å²) in [5.74, 6) is 1.26. The van der Waals surface area contributed by atoms with Crippen molar-refractivity contribution in [3.63, 3.8) is 0 Å². The van der Waals surface area contributed by atoms with E-state index in [0.717, 1.165) is 25.3 Å². The Morgan fingerprint density at radius 2 is 1.93 bits per heavy atom. The van der Waals surface area contributed by atoms with Gasteiger partial charge >= 0.3 is 0 Å². The minimum Gasteiger partial charge on any atom is -0.360 e. The van der Waals surface area contributed by atoms with Crippen molar-refractivity contribution in [1.29, 1.82) is 5.41 Å². The fourth-order valence-corrected chi connectivity index (χ4v) is 2.13. The number of piperidine rings is 1. The first-order valence-corrected chi connectivity index (χ1v) is 6.06. The molecule has 0 aromatic heterocycles. The highest BCUT2D eigenvalue weighted by atomic mass is 15.2. The lowest BCUT2D eigenvalue weighted by Crippen LogP contribution is -2.45. The van der Waals surface area contributed by atoms with E-state index in [0.29, 0.717) is 12.0 Å². The lowest BCUT2D eigenvalue weighted by molar-refractivity contribution is 0.187. The second kappa shape index (κ2) is 5.50. The Hall–Kier alpha value is -0.570. The van der Waals surface area contributed by atoms with Crippen LogP contribution in [0.5, 0.6) is 0 Å². The van der Waals surface area contributed by atoms with Crippen molar-refractivity contribution in [2.24, 2.45) is 5.92 Å². The molecule has 1 aliphatic heterocycles. The van der Waals surface area contributed by atoms with Crippen molar-refractivity contribution in [3.8, 4) is 0 Å². The highest BCUT2D eigenvalue weighted by molar-refractivity contribution is 5.81. The zero-order chi connectivity index (χ0) is 11.4. The van der Waals surface area contributed by atoms with Gasteiger partial charge in [-0.05, 0) is 33.4 Å². The second-order valence-electron chi connectivity index (χ2n) is 4.88. The van der Waals surface area contributed by atoms with Gasteiger partial charge in [0.15, 0.2) is 0 Å². The van der Waals surface area contributed by atoms with Gasteiger partial charge in [0.1, 0.15) is 0 Å². The molecule has 88 valence electrons. The van der Waals surface area contributed by atoms with Crippen LogP contribution in [0.1, 0.15) is 33.1 Å². The highest BCUT2D eigenvalue weighted by Crippen LogP contribution is 2.17. The zero-order valence-electron chi connectivity index (χ0n) is 10.6. The average Bonchev–Trinajstić information content (AvgIpc) is 2.27. The van der Waals surface area contributed by atoms with Gasteiger partial charge in [0.25, 0.3) is 0 Å². The normalized spacial score (nSPS) is 20.7. The molecule has 0 aromatic carbocycles. The maximum Gasteiger partial charge on any atom is 0.0986 e. The van der Waals surface area contributed by atoms with E-state index in [1.165, 1.54) is 12.8 Å². The Labute approximate surface area is 94.0 Å². The van der Waals surface area contributed by atoms with E-state index in [1.807, 2.05) is 0 Å². The minimum absolute atomic E-state index is 0.418. The van der Waals surface area contributed by atoms with Crippen LogP contribution in [0.3, 0.4) is 0 Å². The summed E-state index contributed by atoms with van der Waals surface area (Å²) in [6.07, 6.45) is 3.48. The molecule has 3 nitrogen and oxygen atoms in total. The van der Waals surface area contributed by atoms with Gasteiger partial charge in [-0.15, -0.1) is 0 Å². The molecular formula is C12H25N3. The lowest BCUT2D eigenvalue weighted by atomic mass is 10.0. The summed E-state index contributed by atoms with van der Waals surface area (Å²) >= 11 is 0. The molecule has 0 amide bonds. The van der Waals surface area contributed by atoms with E-state index in [9.17, 15) is 0 Å². The Bertz CT molecular complexity index is 205. The van der Waals surface area contributed by atoms with Crippen LogP contribution >= 0.6 is 0 Å². The first-order valence-electron chi connectivity index (χ1n) is 6.06. The van der Waals surface area contributed by atoms with Gasteiger partial charge < -0.3 is 9.80 Å². The number of nitrogens with one attached hydrogen (secondary N) is 1. The van der Waals surface area contributed by atoms with Gasteiger partial charge in [-0.1, -0.05) is 13.8 Å². The van der Waals surface area contributed by atoms with Crippen LogP contribution < -0.4 is 0 Å². The third-order valence-corrected chi connectivity index (χ3v) is 3.61. The van der Waals surface area contributed by atoms with Crippen molar-refractivity contribution in [1.82, 2.24) is 9.80 Å². The Balaban J connectivity index is 2.40. The monoisotopic (exact) mass is 211 g/mol. The summed E-state index contributed by atoms with van der Waals surface area (Å²) in [5, 5.41) is 8.07. The number of nitrogens with zero attached hydrogens (tertiary/aromatic N) is 2. The SMILES string of the molecule is CCC(C)C(=N)N1CCC(N(C)C)CC1. The van der Waals surface area contributed by atoms with Gasteiger partial charge in [-0.3, -0.25) is 5.41 Å². The molecule has 3 heteroatoms. The molecule has 0 radical (unpaired) electrons. The predicted octanol–water partition coefficient (Wildman–Crippen LogP) is 2.04. The molecule has 0 bridgehead atoms. The van der Waals surface area contributed by atoms with Gasteiger partial charge in [-0.2, -0.15) is 0 Å². The van der Waals surface area contributed by atoms with Crippen molar-refractivity contribution < 1.29 is 0 Å². The van der Waals surface area contributed by atoms with E-state index < -0.39 is 0 Å². The standard InChI is InChI=1S/C12H25N3/c1-5-10(2)12(13)15-8-6-11(7-9-15)14(3)4/h10-11,13H,5-9H2,1-4H3. The van der Waals surface area contributed by atoms with Crippen molar-refractivity contribution >= 4 is 5.84 Å². The molecule has 1 aliphatic rings. The predicted molar refractivity (Wildman–Crippen MR) is 65.5 cm³/mol. The minimum atomic E-state index is 0.418. The van der Waals surface area contributed by atoms with Crippen LogP contribution in [-0.4, -0.2) is 48.9 Å². The lowest BCUT2D eigenvalue weighted by Gasteiger charge is -2.37. The van der Waals surface area contributed by atoms with Gasteiger partial charge in [0, 0.05) is 25.0 Å². The molecule has 1 fully saturated rings. The molecule has 0 aliphatic carbocycles. The van der Waals surface area contributed by atoms with E-state index in [4.69, 9.17) is 5.41 Å². The zero-order valence-corrected chi connectivity index (χ0v) is 10.6. The topological polar surface area (TPSA) is 30.3 Å². The van der Waals surface area contributed by atoms with Crippen LogP contribution in [0.25, 0.3) is 0 Å². The number of hydrogen-bond donors (Lipinski definition) is 1. The molecule has 1 heterocycles. The van der Waals surface area contributed by atoms with Crippen molar-refractivity contribution in [2.75, 3.05) is 27.2 Å². The van der Waals surface area contributed by atoms with Gasteiger partial charge in [0.05, 0.1) is 5.84 Å². The number of hydrogen-bond acceptors (Lipinski definition) is 2. The molecule has 15 heavy (non-hydrogen) atoms. The van der Waals surface area contributed by atoms with E-state index in [1.54, 1.807) is 0 Å². The molecule has 0 saturated carbocycles. The first-order chi connectivity index (χ1) is 7.06. The Morgan fingerprint density at radius 3 is 2.33 bits per heavy atom. The number of rotatable bonds is 3. The first kappa shape index (κ1) is 12.5. The maximum atomic E-state index is 8.07. The molecule has 1 N–H and O–H groups in total. The van der Waals surface area contributed by atoms with E-state index >= 15 is 0 Å². The van der Waals surface area contributed by atoms with Crippen LogP contribution in [0, 0.1) is 11.3 Å². The number of amidine groups is 1. The summed E-state index contributed by atoms with van der Waals surface area (Å²) in [6.45, 7) is 6.43. The molecule has 0 spiro atoms. The van der Waals surface area contributed by atoms with Gasteiger partial charge in [0.2, 0.25) is 0 Å². The van der Waals surface area contributed by atoms with Gasteiger partial charge in [-0.25, -0.2) is 0 Å². The van der Waals surface area contributed by atoms with Crippen LogP contribution in [0.4, 0.5) is 0 Å². The molecular weight excluding hydrogens is 186 g/mol. The molecule has 1 rings (SSSR count). The Morgan fingerprint density at radius 1 is 1.40 bits per heavy atom. The summed E-state index contributed by atoms with van der Waals surface area (Å²) < 4.78 is 0. The van der Waals surface area contributed by atoms with Crippen LogP contribution in [0.2, 0.25) is 0 Å². The quantitative estimate of drug-likeness (QED) is 0.572. The highest BCUT2D eigenvalue weighted by Gasteiger charge is 2.23. The third-order valence-electron chi connectivity index (χ3n) is 3.61. The molecule has 1 saturated heterocycles. The van der Waals surface area contributed by atoms with Crippen molar-refractivity contribution in [2.45, 2.75) is 39.2 Å². The smallest absolute Gasteiger partial charge is 0.0986 e. The van der Waals surface area contributed by atoms with E-state index in [-0.39, 0.29) is 0 Å². The van der Waals surface area contributed by atoms with E-state index in [2.05, 4.69) is 37.7 Å². The summed E-state index contributed by atoms with van der Waals surface area (Å²) in [4.78, 5) is 4.57. The van der Waals surface area contributed by atoms with Crippen LogP contribution in [0.15, 0.2) is 0 Å². The fraction of sp³-hybridized carbons (Fsp3) is 0.917. The average molecular weight is 211 g/mol. The largest absolute Gasteiger partial charge is 0.360 e. The van der Waals surface area contributed by atoms with Crippen molar-refractivity contribution in [3.05, 3.63) is 0 Å². The maximum absolute atomic E-state index is 8.07. The summed E-state index contributed by atoms with van der Waals surface area (Å²) in [5.41, 5.74) is 0. The third kappa shape index (κ3) is 3.20. The molecule has 0 aromatic rings. The summed E-state index contributed by atoms with van der Waals surface area (Å²) in [7, 11) is 4.31. The molecule has 1 unspecified atom stereocenters. The summed E-state index contributed by atoms with van der Waals surface area (Å²) in [6, 6.07) is 0.714. The fourth-order valence-electron chi connectivity index (χ4n) is 2.13. The second-order valence-corrected chi connectivity index (χ2v) is 4.88.